The summed E-state index contributed by atoms with van der Waals surface area (Å²) in [5.41, 5.74) is 4.76. The number of carbonyl (C=O) groups excluding carboxylic acids is 2. The predicted molar refractivity (Wildman–Crippen MR) is 65.2 cm³/mol. The third-order valence-corrected chi connectivity index (χ3v) is 1.94. The van der Waals surface area contributed by atoms with E-state index < -0.39 is 11.9 Å². The standard InChI is InChI=1S/C12H12N4O3/c1-2-19-12(18)10(6-13)8-15-16-11(17)9-4-3-5-14-7-9/h3-5,7-8,15H,2H2,1H3,(H,16,17)/b10-8+. The van der Waals surface area contributed by atoms with Crippen LogP contribution in [0.3, 0.4) is 0 Å². The summed E-state index contributed by atoms with van der Waals surface area (Å²) in [4.78, 5) is 26.6. The second-order valence-electron chi connectivity index (χ2n) is 3.23. The van der Waals surface area contributed by atoms with Crippen LogP contribution in [0.4, 0.5) is 0 Å². The third-order valence-electron chi connectivity index (χ3n) is 1.94. The minimum Gasteiger partial charge on any atom is -0.462 e. The SMILES string of the molecule is CCOC(=O)/C(C#N)=C/NNC(=O)c1cccnc1. The zero-order chi connectivity index (χ0) is 14.1. The second-order valence-corrected chi connectivity index (χ2v) is 3.23. The number of pyridine rings is 1. The van der Waals surface area contributed by atoms with E-state index in [0.29, 0.717) is 5.56 Å². The molecule has 1 amide bonds. The largest absolute Gasteiger partial charge is 0.462 e. The molecule has 0 aliphatic heterocycles. The third kappa shape index (κ3) is 4.47. The molecule has 2 N–H and O–H groups in total. The molecule has 1 rings (SSSR count). The van der Waals surface area contributed by atoms with Gasteiger partial charge in [-0.25, -0.2) is 4.79 Å². The van der Waals surface area contributed by atoms with Gasteiger partial charge < -0.3 is 10.2 Å². The van der Waals surface area contributed by atoms with Crippen molar-refractivity contribution < 1.29 is 14.3 Å². The van der Waals surface area contributed by atoms with Crippen LogP contribution in [-0.4, -0.2) is 23.5 Å². The lowest BCUT2D eigenvalue weighted by atomic mass is 10.3. The predicted octanol–water partition coefficient (Wildman–Crippen LogP) is 0.287. The van der Waals surface area contributed by atoms with Crippen molar-refractivity contribution in [2.75, 3.05) is 6.61 Å². The summed E-state index contributed by atoms with van der Waals surface area (Å²) in [5.74, 6) is -1.20. The average molecular weight is 260 g/mol. The van der Waals surface area contributed by atoms with Gasteiger partial charge in [0.15, 0.2) is 5.57 Å². The fourth-order valence-electron chi connectivity index (χ4n) is 1.09. The molecule has 0 aromatic carbocycles. The Hall–Kier alpha value is -2.88. The van der Waals surface area contributed by atoms with Crippen LogP contribution in [0.15, 0.2) is 36.3 Å². The van der Waals surface area contributed by atoms with E-state index in [2.05, 4.69) is 20.6 Å². The molecule has 7 nitrogen and oxygen atoms in total. The van der Waals surface area contributed by atoms with Crippen molar-refractivity contribution in [3.8, 4) is 6.07 Å². The molecule has 0 atom stereocenters. The first-order valence-corrected chi connectivity index (χ1v) is 5.42. The number of hydrogen-bond donors (Lipinski definition) is 2. The number of amides is 1. The summed E-state index contributed by atoms with van der Waals surface area (Å²) in [7, 11) is 0. The monoisotopic (exact) mass is 260 g/mol. The molecule has 0 saturated heterocycles. The lowest BCUT2D eigenvalue weighted by molar-refractivity contribution is -0.138. The van der Waals surface area contributed by atoms with Gasteiger partial charge in [0.05, 0.1) is 12.2 Å². The van der Waals surface area contributed by atoms with Gasteiger partial charge in [0.1, 0.15) is 6.07 Å². The maximum atomic E-state index is 11.6. The van der Waals surface area contributed by atoms with E-state index in [1.807, 2.05) is 0 Å². The molecule has 0 saturated carbocycles. The fraction of sp³-hybridized carbons (Fsp3) is 0.167. The molecule has 19 heavy (non-hydrogen) atoms. The van der Waals surface area contributed by atoms with E-state index in [1.165, 1.54) is 6.20 Å². The summed E-state index contributed by atoms with van der Waals surface area (Å²) in [6, 6.07) is 4.85. The van der Waals surface area contributed by atoms with Crippen LogP contribution < -0.4 is 10.9 Å². The maximum absolute atomic E-state index is 11.6. The molecular weight excluding hydrogens is 248 g/mol. The Bertz CT molecular complexity index is 520. The molecule has 1 aromatic heterocycles. The van der Waals surface area contributed by atoms with Crippen molar-refractivity contribution in [1.82, 2.24) is 15.8 Å². The summed E-state index contributed by atoms with van der Waals surface area (Å²) < 4.78 is 4.64. The smallest absolute Gasteiger partial charge is 0.350 e. The molecule has 0 radical (unpaired) electrons. The van der Waals surface area contributed by atoms with Crippen LogP contribution in [0.25, 0.3) is 0 Å². The number of rotatable bonds is 5. The van der Waals surface area contributed by atoms with Gasteiger partial charge in [-0.3, -0.25) is 15.2 Å². The van der Waals surface area contributed by atoms with E-state index >= 15 is 0 Å². The highest BCUT2D eigenvalue weighted by Gasteiger charge is 2.09. The van der Waals surface area contributed by atoms with E-state index in [4.69, 9.17) is 5.26 Å². The summed E-state index contributed by atoms with van der Waals surface area (Å²) in [6.45, 7) is 1.80. The quantitative estimate of drug-likeness (QED) is 0.341. The van der Waals surface area contributed by atoms with Crippen LogP contribution in [0, 0.1) is 11.3 Å². The van der Waals surface area contributed by atoms with E-state index in [0.717, 1.165) is 6.20 Å². The minimum absolute atomic E-state index is 0.167. The maximum Gasteiger partial charge on any atom is 0.350 e. The van der Waals surface area contributed by atoms with E-state index in [1.54, 1.807) is 31.3 Å². The number of nitriles is 1. The Morgan fingerprint density at radius 1 is 1.58 bits per heavy atom. The molecular formula is C12H12N4O3. The Morgan fingerprint density at radius 2 is 2.37 bits per heavy atom. The minimum atomic E-state index is -0.756. The highest BCUT2D eigenvalue weighted by molar-refractivity contribution is 5.94. The van der Waals surface area contributed by atoms with Crippen molar-refractivity contribution in [1.29, 1.82) is 5.26 Å². The normalized spacial score (nSPS) is 10.2. The first-order chi connectivity index (χ1) is 9.19. The van der Waals surface area contributed by atoms with Crippen LogP contribution >= 0.6 is 0 Å². The molecule has 1 aromatic rings. The van der Waals surface area contributed by atoms with Gasteiger partial charge in [-0.1, -0.05) is 0 Å². The van der Waals surface area contributed by atoms with Gasteiger partial charge in [0, 0.05) is 18.6 Å². The molecule has 0 aliphatic carbocycles. The Balaban J connectivity index is 2.55. The lowest BCUT2D eigenvalue weighted by Gasteiger charge is -2.04. The lowest BCUT2D eigenvalue weighted by Crippen LogP contribution is -2.34. The zero-order valence-electron chi connectivity index (χ0n) is 10.2. The molecule has 0 spiro atoms. The van der Waals surface area contributed by atoms with Crippen LogP contribution in [0.2, 0.25) is 0 Å². The van der Waals surface area contributed by atoms with Gasteiger partial charge in [-0.15, -0.1) is 0 Å². The van der Waals surface area contributed by atoms with Gasteiger partial charge in [-0.05, 0) is 19.1 Å². The molecule has 1 heterocycles. The molecule has 0 fully saturated rings. The highest BCUT2D eigenvalue weighted by atomic mass is 16.5. The topological polar surface area (TPSA) is 104 Å². The van der Waals surface area contributed by atoms with Crippen molar-refractivity contribution in [2.24, 2.45) is 0 Å². The van der Waals surface area contributed by atoms with Gasteiger partial charge in [0.2, 0.25) is 0 Å². The molecule has 7 heteroatoms. The molecule has 0 bridgehead atoms. The molecule has 0 unspecified atom stereocenters. The number of carbonyl (C=O) groups is 2. The van der Waals surface area contributed by atoms with Crippen LogP contribution in [0.5, 0.6) is 0 Å². The Labute approximate surface area is 109 Å². The first kappa shape index (κ1) is 14.2. The zero-order valence-corrected chi connectivity index (χ0v) is 10.2. The number of hydrazine groups is 1. The summed E-state index contributed by atoms with van der Waals surface area (Å²) in [6.07, 6.45) is 3.99. The first-order valence-electron chi connectivity index (χ1n) is 5.42. The Morgan fingerprint density at radius 3 is 2.95 bits per heavy atom. The number of nitrogens with one attached hydrogen (secondary N) is 2. The van der Waals surface area contributed by atoms with E-state index in [9.17, 15) is 9.59 Å². The summed E-state index contributed by atoms with van der Waals surface area (Å²) in [5, 5.41) is 8.72. The number of aromatic nitrogens is 1. The number of esters is 1. The average Bonchev–Trinajstić information content (AvgIpc) is 2.44. The second kappa shape index (κ2) is 7.45. The van der Waals surface area contributed by atoms with Crippen LogP contribution in [-0.2, 0) is 9.53 Å². The molecule has 0 aliphatic rings. The van der Waals surface area contributed by atoms with Crippen molar-refractivity contribution in [3.63, 3.8) is 0 Å². The van der Waals surface area contributed by atoms with Gasteiger partial charge in [-0.2, -0.15) is 5.26 Å². The fourth-order valence-corrected chi connectivity index (χ4v) is 1.09. The number of ether oxygens (including phenoxy) is 1. The van der Waals surface area contributed by atoms with E-state index in [-0.39, 0.29) is 12.2 Å². The van der Waals surface area contributed by atoms with Gasteiger partial charge in [0.25, 0.3) is 5.91 Å². The highest BCUT2D eigenvalue weighted by Crippen LogP contribution is 1.96. The number of hydrogen-bond acceptors (Lipinski definition) is 6. The van der Waals surface area contributed by atoms with Gasteiger partial charge >= 0.3 is 5.97 Å². The Kier molecular flexibility index (Phi) is 5.56. The molecule has 98 valence electrons. The van der Waals surface area contributed by atoms with Crippen molar-refractivity contribution in [3.05, 3.63) is 41.9 Å². The summed E-state index contributed by atoms with van der Waals surface area (Å²) >= 11 is 0. The van der Waals surface area contributed by atoms with Crippen molar-refractivity contribution in [2.45, 2.75) is 6.92 Å². The van der Waals surface area contributed by atoms with Crippen LogP contribution in [0.1, 0.15) is 17.3 Å². The number of nitrogens with zero attached hydrogens (tertiary/aromatic N) is 2. The van der Waals surface area contributed by atoms with Crippen molar-refractivity contribution >= 4 is 11.9 Å².